The number of rotatable bonds is 3. The molecule has 0 aliphatic heterocycles. The van der Waals surface area contributed by atoms with Crippen LogP contribution >= 0.6 is 0 Å². The van der Waals surface area contributed by atoms with E-state index in [0.29, 0.717) is 6.54 Å². The van der Waals surface area contributed by atoms with Gasteiger partial charge in [0.25, 0.3) is 0 Å². The van der Waals surface area contributed by atoms with Gasteiger partial charge in [-0.25, -0.2) is 0 Å². The molecule has 2 aromatic rings. The summed E-state index contributed by atoms with van der Waals surface area (Å²) in [5, 5.41) is 5.83. The molecule has 1 aromatic heterocycles. The van der Waals surface area contributed by atoms with Gasteiger partial charge in [-0.05, 0) is 24.9 Å². The number of aromatic nitrogens is 2. The Labute approximate surface area is 89.9 Å². The molecule has 0 saturated carbocycles. The smallest absolute Gasteiger partial charge is 0.0958 e. The lowest BCUT2D eigenvalue weighted by Gasteiger charge is -1.99. The van der Waals surface area contributed by atoms with E-state index in [2.05, 4.69) is 30.2 Å². The minimum Gasteiger partial charge on any atom is -0.330 e. The molecular formula is C12H17N3. The van der Waals surface area contributed by atoms with Crippen LogP contribution in [0.15, 0.2) is 18.2 Å². The SMILES string of the molecule is CCc1c2cccc(CCN)c2nn1C. The van der Waals surface area contributed by atoms with Gasteiger partial charge >= 0.3 is 0 Å². The van der Waals surface area contributed by atoms with Gasteiger partial charge < -0.3 is 5.73 Å². The molecule has 80 valence electrons. The molecule has 15 heavy (non-hydrogen) atoms. The highest BCUT2D eigenvalue weighted by atomic mass is 15.3. The molecule has 0 bridgehead atoms. The third-order valence-corrected chi connectivity index (χ3v) is 2.82. The van der Waals surface area contributed by atoms with Crippen molar-refractivity contribution in [2.75, 3.05) is 6.54 Å². The highest BCUT2D eigenvalue weighted by molar-refractivity contribution is 5.84. The number of aryl methyl sites for hydroxylation is 2. The Morgan fingerprint density at radius 2 is 2.20 bits per heavy atom. The summed E-state index contributed by atoms with van der Waals surface area (Å²) in [7, 11) is 2.01. The van der Waals surface area contributed by atoms with Crippen LogP contribution in [0.1, 0.15) is 18.2 Å². The van der Waals surface area contributed by atoms with Crippen molar-refractivity contribution in [3.63, 3.8) is 0 Å². The molecule has 0 saturated heterocycles. The maximum absolute atomic E-state index is 5.59. The van der Waals surface area contributed by atoms with Gasteiger partial charge in [0.1, 0.15) is 0 Å². The topological polar surface area (TPSA) is 43.8 Å². The number of nitrogens with two attached hydrogens (primary N) is 1. The van der Waals surface area contributed by atoms with E-state index >= 15 is 0 Å². The van der Waals surface area contributed by atoms with Crippen molar-refractivity contribution >= 4 is 10.9 Å². The highest BCUT2D eigenvalue weighted by Crippen LogP contribution is 2.21. The van der Waals surface area contributed by atoms with E-state index in [4.69, 9.17) is 5.73 Å². The minimum absolute atomic E-state index is 0.678. The van der Waals surface area contributed by atoms with Crippen LogP contribution in [0.2, 0.25) is 0 Å². The van der Waals surface area contributed by atoms with Crippen LogP contribution in [0.4, 0.5) is 0 Å². The van der Waals surface area contributed by atoms with E-state index in [0.717, 1.165) is 18.4 Å². The summed E-state index contributed by atoms with van der Waals surface area (Å²) in [4.78, 5) is 0. The molecule has 0 spiro atoms. The lowest BCUT2D eigenvalue weighted by molar-refractivity contribution is 0.727. The summed E-state index contributed by atoms with van der Waals surface area (Å²) in [6.45, 7) is 2.84. The van der Waals surface area contributed by atoms with Crippen LogP contribution in [-0.2, 0) is 19.9 Å². The lowest BCUT2D eigenvalue weighted by Crippen LogP contribution is -2.03. The average molecular weight is 203 g/mol. The minimum atomic E-state index is 0.678. The Kier molecular flexibility index (Phi) is 2.73. The first kappa shape index (κ1) is 10.2. The average Bonchev–Trinajstić information content (AvgIpc) is 2.55. The van der Waals surface area contributed by atoms with Gasteiger partial charge in [0.15, 0.2) is 0 Å². The van der Waals surface area contributed by atoms with Gasteiger partial charge in [-0.1, -0.05) is 25.1 Å². The Bertz CT molecular complexity index is 471. The third-order valence-electron chi connectivity index (χ3n) is 2.82. The third kappa shape index (κ3) is 1.63. The molecule has 0 aliphatic rings. The predicted octanol–water partition coefficient (Wildman–Crippen LogP) is 1.64. The summed E-state index contributed by atoms with van der Waals surface area (Å²) in [6, 6.07) is 6.34. The first-order chi connectivity index (χ1) is 7.27. The second kappa shape index (κ2) is 4.03. The Hall–Kier alpha value is -1.35. The van der Waals surface area contributed by atoms with E-state index in [9.17, 15) is 0 Å². The molecule has 0 radical (unpaired) electrons. The van der Waals surface area contributed by atoms with Crippen molar-refractivity contribution in [2.45, 2.75) is 19.8 Å². The highest BCUT2D eigenvalue weighted by Gasteiger charge is 2.09. The van der Waals surface area contributed by atoms with E-state index in [-0.39, 0.29) is 0 Å². The Morgan fingerprint density at radius 1 is 1.40 bits per heavy atom. The van der Waals surface area contributed by atoms with E-state index in [1.165, 1.54) is 16.6 Å². The second-order valence-electron chi connectivity index (χ2n) is 3.78. The molecule has 0 amide bonds. The van der Waals surface area contributed by atoms with Crippen LogP contribution in [0.5, 0.6) is 0 Å². The molecule has 0 fully saturated rings. The number of benzene rings is 1. The van der Waals surface area contributed by atoms with Crippen LogP contribution in [0.25, 0.3) is 10.9 Å². The van der Waals surface area contributed by atoms with E-state index in [1.807, 2.05) is 11.7 Å². The zero-order valence-corrected chi connectivity index (χ0v) is 9.33. The fraction of sp³-hybridized carbons (Fsp3) is 0.417. The van der Waals surface area contributed by atoms with Crippen molar-refractivity contribution < 1.29 is 0 Å². The fourth-order valence-corrected chi connectivity index (χ4v) is 2.10. The number of fused-ring (bicyclic) bond motifs is 1. The van der Waals surface area contributed by atoms with Gasteiger partial charge in [0.05, 0.1) is 5.52 Å². The maximum Gasteiger partial charge on any atom is 0.0958 e. The first-order valence-corrected chi connectivity index (χ1v) is 5.41. The standard InChI is InChI=1S/C12H17N3/c1-3-11-10-6-4-5-9(7-8-13)12(10)14-15(11)2/h4-6H,3,7-8,13H2,1-2H3. The Morgan fingerprint density at radius 3 is 2.87 bits per heavy atom. The van der Waals surface area contributed by atoms with E-state index in [1.54, 1.807) is 0 Å². The largest absolute Gasteiger partial charge is 0.330 e. The zero-order valence-electron chi connectivity index (χ0n) is 9.33. The van der Waals surface area contributed by atoms with Gasteiger partial charge in [-0.15, -0.1) is 0 Å². The molecule has 3 heteroatoms. The Balaban J connectivity index is 2.66. The first-order valence-electron chi connectivity index (χ1n) is 5.41. The van der Waals surface area contributed by atoms with Crippen molar-refractivity contribution in [2.24, 2.45) is 12.8 Å². The molecule has 0 aliphatic carbocycles. The van der Waals surface area contributed by atoms with Crippen molar-refractivity contribution in [1.29, 1.82) is 0 Å². The summed E-state index contributed by atoms with van der Waals surface area (Å²) >= 11 is 0. The molecular weight excluding hydrogens is 186 g/mol. The monoisotopic (exact) mass is 203 g/mol. The van der Waals surface area contributed by atoms with Crippen molar-refractivity contribution in [3.8, 4) is 0 Å². The number of nitrogens with zero attached hydrogens (tertiary/aromatic N) is 2. The normalized spacial score (nSPS) is 11.1. The maximum atomic E-state index is 5.59. The molecule has 1 heterocycles. The van der Waals surface area contributed by atoms with E-state index < -0.39 is 0 Å². The predicted molar refractivity (Wildman–Crippen MR) is 62.9 cm³/mol. The fourth-order valence-electron chi connectivity index (χ4n) is 2.10. The van der Waals surface area contributed by atoms with Crippen LogP contribution in [0.3, 0.4) is 0 Å². The lowest BCUT2D eigenvalue weighted by atomic mass is 10.1. The molecule has 1 aromatic carbocycles. The number of hydrogen-bond acceptors (Lipinski definition) is 2. The van der Waals surface area contributed by atoms with Crippen LogP contribution in [-0.4, -0.2) is 16.3 Å². The molecule has 2 rings (SSSR count). The molecule has 0 atom stereocenters. The molecule has 3 nitrogen and oxygen atoms in total. The van der Waals surface area contributed by atoms with Crippen molar-refractivity contribution in [1.82, 2.24) is 9.78 Å². The van der Waals surface area contributed by atoms with Gasteiger partial charge in [-0.2, -0.15) is 5.10 Å². The van der Waals surface area contributed by atoms with Gasteiger partial charge in [0, 0.05) is 18.1 Å². The molecule has 0 unspecified atom stereocenters. The zero-order chi connectivity index (χ0) is 10.8. The summed E-state index contributed by atoms with van der Waals surface area (Å²) in [5.41, 5.74) is 9.26. The number of hydrogen-bond donors (Lipinski definition) is 1. The quantitative estimate of drug-likeness (QED) is 0.824. The van der Waals surface area contributed by atoms with Gasteiger partial charge in [0.2, 0.25) is 0 Å². The summed E-state index contributed by atoms with van der Waals surface area (Å²) < 4.78 is 1.98. The second-order valence-corrected chi connectivity index (χ2v) is 3.78. The van der Waals surface area contributed by atoms with Crippen molar-refractivity contribution in [3.05, 3.63) is 29.5 Å². The van der Waals surface area contributed by atoms with Crippen LogP contribution in [0, 0.1) is 0 Å². The van der Waals surface area contributed by atoms with Gasteiger partial charge in [-0.3, -0.25) is 4.68 Å². The molecule has 2 N–H and O–H groups in total. The summed E-state index contributed by atoms with van der Waals surface area (Å²) in [5.74, 6) is 0. The van der Waals surface area contributed by atoms with Crippen LogP contribution < -0.4 is 5.73 Å². The summed E-state index contributed by atoms with van der Waals surface area (Å²) in [6.07, 6.45) is 1.91.